The molecule has 6 heteroatoms. The van der Waals surface area contributed by atoms with E-state index in [-0.39, 0.29) is 5.91 Å². The number of hydrogen-bond acceptors (Lipinski definition) is 4. The number of carbonyl (C=O) groups is 1. The van der Waals surface area contributed by atoms with Gasteiger partial charge in [-0.1, -0.05) is 0 Å². The zero-order valence-corrected chi connectivity index (χ0v) is 12.0. The fraction of sp³-hybridized carbons (Fsp3) is 0.714. The summed E-state index contributed by atoms with van der Waals surface area (Å²) in [7, 11) is 1.84. The van der Waals surface area contributed by atoms with E-state index in [2.05, 4.69) is 19.8 Å². The largest absolute Gasteiger partial charge is 0.368 e. The maximum absolute atomic E-state index is 11.8. The van der Waals surface area contributed by atoms with Gasteiger partial charge in [-0.3, -0.25) is 9.69 Å². The van der Waals surface area contributed by atoms with Gasteiger partial charge in [0.2, 0.25) is 5.91 Å². The normalized spacial score (nSPS) is 30.9. The van der Waals surface area contributed by atoms with E-state index in [1.165, 1.54) is 0 Å². The van der Waals surface area contributed by atoms with Crippen LogP contribution in [0, 0.1) is 0 Å². The number of rotatable bonds is 3. The highest BCUT2D eigenvalue weighted by Gasteiger charge is 2.42. The van der Waals surface area contributed by atoms with E-state index >= 15 is 0 Å². The summed E-state index contributed by atoms with van der Waals surface area (Å²) in [5, 5.41) is 3.18. The Balaban J connectivity index is 1.73. The molecule has 1 aliphatic heterocycles. The highest BCUT2D eigenvalue weighted by atomic mass is 16.1. The summed E-state index contributed by atoms with van der Waals surface area (Å²) in [6.07, 6.45) is 7.73. The lowest BCUT2D eigenvalue weighted by molar-refractivity contribution is -0.126. The van der Waals surface area contributed by atoms with Gasteiger partial charge in [-0.2, -0.15) is 0 Å². The molecule has 2 heterocycles. The Morgan fingerprint density at radius 2 is 2.40 bits per heavy atom. The molecule has 6 nitrogen and oxygen atoms in total. The number of amides is 1. The molecule has 1 fully saturated rings. The number of fused-ring (bicyclic) bond motifs is 1. The summed E-state index contributed by atoms with van der Waals surface area (Å²) in [6.45, 7) is 2.87. The number of nitrogens with one attached hydrogen (secondary N) is 1. The predicted octanol–water partition coefficient (Wildman–Crippen LogP) is 0.0848. The van der Waals surface area contributed by atoms with Crippen molar-refractivity contribution in [1.29, 1.82) is 0 Å². The van der Waals surface area contributed by atoms with Crippen LogP contribution in [0.4, 0.5) is 0 Å². The number of imidazole rings is 1. The smallest absolute Gasteiger partial charge is 0.237 e. The molecule has 2 atom stereocenters. The molecule has 0 radical (unpaired) electrons. The molecule has 1 aromatic heterocycles. The molecule has 3 N–H and O–H groups in total. The van der Waals surface area contributed by atoms with Crippen LogP contribution in [0.15, 0.2) is 12.4 Å². The van der Waals surface area contributed by atoms with Crippen molar-refractivity contribution in [3.63, 3.8) is 0 Å². The van der Waals surface area contributed by atoms with Gasteiger partial charge in [-0.25, -0.2) is 4.98 Å². The molecule has 2 aliphatic rings. The van der Waals surface area contributed by atoms with Crippen LogP contribution < -0.4 is 11.1 Å². The van der Waals surface area contributed by atoms with Crippen LogP contribution in [-0.2, 0) is 17.9 Å². The van der Waals surface area contributed by atoms with Gasteiger partial charge in [-0.05, 0) is 32.7 Å². The SMILES string of the molecule is CNC1(C(N)=O)CCCC(N2CCn3ccnc3C2)C1. The van der Waals surface area contributed by atoms with Crippen molar-refractivity contribution in [2.24, 2.45) is 5.73 Å². The van der Waals surface area contributed by atoms with Crippen molar-refractivity contribution in [2.45, 2.75) is 50.4 Å². The maximum atomic E-state index is 11.8. The number of primary amides is 1. The van der Waals surface area contributed by atoms with E-state index < -0.39 is 5.54 Å². The van der Waals surface area contributed by atoms with Gasteiger partial charge in [0.15, 0.2) is 0 Å². The third kappa shape index (κ3) is 2.23. The Morgan fingerprint density at radius 1 is 1.55 bits per heavy atom. The highest BCUT2D eigenvalue weighted by Crippen LogP contribution is 2.32. The van der Waals surface area contributed by atoms with Crippen molar-refractivity contribution in [1.82, 2.24) is 19.8 Å². The van der Waals surface area contributed by atoms with Crippen LogP contribution in [0.1, 0.15) is 31.5 Å². The fourth-order valence-corrected chi connectivity index (χ4v) is 3.64. The zero-order chi connectivity index (χ0) is 14.2. The van der Waals surface area contributed by atoms with E-state index in [0.29, 0.717) is 6.04 Å². The summed E-state index contributed by atoms with van der Waals surface area (Å²) in [5.74, 6) is 0.902. The van der Waals surface area contributed by atoms with Crippen LogP contribution >= 0.6 is 0 Å². The minimum Gasteiger partial charge on any atom is -0.368 e. The van der Waals surface area contributed by atoms with Crippen LogP contribution in [0.5, 0.6) is 0 Å². The lowest BCUT2D eigenvalue weighted by atomic mass is 9.77. The van der Waals surface area contributed by atoms with Gasteiger partial charge in [0.05, 0.1) is 12.1 Å². The van der Waals surface area contributed by atoms with Gasteiger partial charge in [-0.15, -0.1) is 0 Å². The average molecular weight is 277 g/mol. The first-order chi connectivity index (χ1) is 9.64. The summed E-state index contributed by atoms with van der Waals surface area (Å²) >= 11 is 0. The molecule has 0 spiro atoms. The second-order valence-corrected chi connectivity index (χ2v) is 5.95. The van der Waals surface area contributed by atoms with Gasteiger partial charge in [0.25, 0.3) is 0 Å². The van der Waals surface area contributed by atoms with E-state index in [1.807, 2.05) is 19.4 Å². The zero-order valence-electron chi connectivity index (χ0n) is 12.0. The Bertz CT molecular complexity index is 500. The van der Waals surface area contributed by atoms with E-state index in [4.69, 9.17) is 5.73 Å². The number of nitrogens with two attached hydrogens (primary N) is 1. The van der Waals surface area contributed by atoms with E-state index in [9.17, 15) is 4.79 Å². The number of aromatic nitrogens is 2. The topological polar surface area (TPSA) is 76.2 Å². The predicted molar refractivity (Wildman–Crippen MR) is 75.9 cm³/mol. The average Bonchev–Trinajstić information content (AvgIpc) is 2.94. The van der Waals surface area contributed by atoms with E-state index in [0.717, 1.165) is 51.1 Å². The molecule has 2 unspecified atom stereocenters. The molecule has 0 bridgehead atoms. The summed E-state index contributed by atoms with van der Waals surface area (Å²) in [6, 6.07) is 0.411. The first-order valence-electron chi connectivity index (χ1n) is 7.37. The number of hydrogen-bond donors (Lipinski definition) is 2. The number of nitrogens with zero attached hydrogens (tertiary/aromatic N) is 3. The van der Waals surface area contributed by atoms with Crippen molar-refractivity contribution in [2.75, 3.05) is 13.6 Å². The molecule has 20 heavy (non-hydrogen) atoms. The Labute approximate surface area is 119 Å². The Hall–Kier alpha value is -1.40. The third-order valence-corrected chi connectivity index (χ3v) is 4.97. The standard InChI is InChI=1S/C14H23N5O/c1-16-14(13(15)20)4-2-3-11(9-14)19-8-7-18-6-5-17-12(18)10-19/h5-6,11,16H,2-4,7-10H2,1H3,(H2,15,20). The second kappa shape index (κ2) is 5.18. The summed E-state index contributed by atoms with van der Waals surface area (Å²) in [5.41, 5.74) is 5.10. The van der Waals surface area contributed by atoms with Gasteiger partial charge < -0.3 is 15.6 Å². The van der Waals surface area contributed by atoms with Crippen LogP contribution in [0.2, 0.25) is 0 Å². The summed E-state index contributed by atoms with van der Waals surface area (Å²) < 4.78 is 2.21. The van der Waals surface area contributed by atoms with Crippen molar-refractivity contribution >= 4 is 5.91 Å². The van der Waals surface area contributed by atoms with Crippen molar-refractivity contribution < 1.29 is 4.79 Å². The number of likely N-dealkylation sites (N-methyl/N-ethyl adjacent to an activating group) is 1. The molecule has 1 aliphatic carbocycles. The van der Waals surface area contributed by atoms with Gasteiger partial charge >= 0.3 is 0 Å². The molecule has 1 saturated carbocycles. The molecular formula is C14H23N5O. The minimum absolute atomic E-state index is 0.219. The van der Waals surface area contributed by atoms with Crippen LogP contribution in [-0.4, -0.2) is 45.5 Å². The molecule has 3 rings (SSSR count). The molecule has 1 aromatic rings. The van der Waals surface area contributed by atoms with Crippen molar-refractivity contribution in [3.05, 3.63) is 18.2 Å². The quantitative estimate of drug-likeness (QED) is 0.820. The number of carbonyl (C=O) groups excluding carboxylic acids is 1. The third-order valence-electron chi connectivity index (χ3n) is 4.97. The highest BCUT2D eigenvalue weighted by molar-refractivity contribution is 5.84. The molecule has 110 valence electrons. The monoisotopic (exact) mass is 277 g/mol. The van der Waals surface area contributed by atoms with E-state index in [1.54, 1.807) is 0 Å². The lowest BCUT2D eigenvalue weighted by Gasteiger charge is -2.44. The second-order valence-electron chi connectivity index (χ2n) is 5.95. The lowest BCUT2D eigenvalue weighted by Crippen LogP contribution is -2.60. The fourth-order valence-electron chi connectivity index (χ4n) is 3.64. The molecular weight excluding hydrogens is 254 g/mol. The minimum atomic E-state index is -0.532. The molecule has 1 amide bonds. The molecule has 0 saturated heterocycles. The van der Waals surface area contributed by atoms with Crippen LogP contribution in [0.25, 0.3) is 0 Å². The maximum Gasteiger partial charge on any atom is 0.237 e. The molecule has 0 aromatic carbocycles. The Kier molecular flexibility index (Phi) is 3.52. The first kappa shape index (κ1) is 13.6. The summed E-state index contributed by atoms with van der Waals surface area (Å²) in [4.78, 5) is 18.7. The van der Waals surface area contributed by atoms with Gasteiger partial charge in [0.1, 0.15) is 5.82 Å². The van der Waals surface area contributed by atoms with Crippen molar-refractivity contribution in [3.8, 4) is 0 Å². The van der Waals surface area contributed by atoms with Gasteiger partial charge in [0, 0.05) is 31.5 Å². The van der Waals surface area contributed by atoms with Crippen LogP contribution in [0.3, 0.4) is 0 Å². The first-order valence-corrected chi connectivity index (χ1v) is 7.37. The Morgan fingerprint density at radius 3 is 3.15 bits per heavy atom.